The monoisotopic (exact) mass is 540 g/mol. The number of esters is 1. The van der Waals surface area contributed by atoms with Crippen molar-refractivity contribution in [2.75, 3.05) is 12.8 Å². The van der Waals surface area contributed by atoms with Crippen molar-refractivity contribution in [2.24, 2.45) is 5.41 Å². The van der Waals surface area contributed by atoms with E-state index in [0.717, 1.165) is 11.1 Å². The van der Waals surface area contributed by atoms with Crippen LogP contribution in [0.2, 0.25) is 0 Å². The second-order valence-corrected chi connectivity index (χ2v) is 10.7. The Kier molecular flexibility index (Phi) is 7.25. The minimum atomic E-state index is -0.581. The molecule has 1 aliphatic carbocycles. The number of nitrogens with two attached hydrogens (primary N) is 1. The van der Waals surface area contributed by atoms with E-state index in [1.807, 2.05) is 67.9 Å². The zero-order chi connectivity index (χ0) is 28.4. The van der Waals surface area contributed by atoms with Gasteiger partial charge in [-0.3, -0.25) is 9.59 Å². The van der Waals surface area contributed by atoms with Crippen molar-refractivity contribution in [3.05, 3.63) is 78.1 Å². The molecule has 0 aliphatic heterocycles. The van der Waals surface area contributed by atoms with Gasteiger partial charge in [-0.25, -0.2) is 14.6 Å². The molecular weight excluding hydrogens is 508 g/mol. The van der Waals surface area contributed by atoms with Gasteiger partial charge in [0.2, 0.25) is 0 Å². The minimum absolute atomic E-state index is 0.159. The lowest BCUT2D eigenvalue weighted by Crippen LogP contribution is -2.27. The predicted octanol–water partition coefficient (Wildman–Crippen LogP) is 4.47. The van der Waals surface area contributed by atoms with E-state index in [4.69, 9.17) is 20.3 Å². The molecule has 0 spiro atoms. The summed E-state index contributed by atoms with van der Waals surface area (Å²) in [5.74, 6) is 0.386. The van der Waals surface area contributed by atoms with Crippen LogP contribution >= 0.6 is 0 Å². The lowest BCUT2D eigenvalue weighted by Gasteiger charge is -2.20. The number of nitrogens with zero attached hydrogens (tertiary/aromatic N) is 4. The quantitative estimate of drug-likeness (QED) is 0.259. The second-order valence-electron chi connectivity index (χ2n) is 10.7. The summed E-state index contributed by atoms with van der Waals surface area (Å²) in [4.78, 5) is 33.7. The first kappa shape index (κ1) is 26.9. The Balaban J connectivity index is 1.35. The Hall–Kier alpha value is -4.73. The Morgan fingerprint density at radius 2 is 1.82 bits per heavy atom. The van der Waals surface area contributed by atoms with Crippen molar-refractivity contribution in [3.63, 3.8) is 0 Å². The van der Waals surface area contributed by atoms with E-state index >= 15 is 0 Å². The number of anilines is 1. The minimum Gasteiger partial charge on any atom is -0.496 e. The number of nitrogen functional groups attached to an aromatic ring is 1. The summed E-state index contributed by atoms with van der Waals surface area (Å²) < 4.78 is 12.8. The first-order valence-corrected chi connectivity index (χ1v) is 13.0. The molecule has 1 aliphatic rings. The SMILES string of the molecule is COc1ccccc1C(=O)NCc1ccc(-c2nn([C@@H]3C=C[C@H](OC(=O)C(C)(C)C)C3)c3ncnc(N)c23)cc1. The topological polar surface area (TPSA) is 134 Å². The van der Waals surface area contributed by atoms with Crippen LogP contribution in [0.5, 0.6) is 5.75 Å². The zero-order valence-electron chi connectivity index (χ0n) is 22.9. The summed E-state index contributed by atoms with van der Waals surface area (Å²) in [6.07, 6.45) is 5.49. The summed E-state index contributed by atoms with van der Waals surface area (Å²) in [7, 11) is 1.54. The number of hydrogen-bond acceptors (Lipinski definition) is 8. The summed E-state index contributed by atoms with van der Waals surface area (Å²) >= 11 is 0. The lowest BCUT2D eigenvalue weighted by atomic mass is 9.97. The first-order valence-electron chi connectivity index (χ1n) is 13.0. The van der Waals surface area contributed by atoms with Crippen molar-refractivity contribution in [3.8, 4) is 17.0 Å². The molecular formula is C30H32N6O4. The highest BCUT2D eigenvalue weighted by atomic mass is 16.5. The number of aromatic nitrogens is 4. The molecule has 0 saturated heterocycles. The van der Waals surface area contributed by atoms with E-state index in [2.05, 4.69) is 15.3 Å². The van der Waals surface area contributed by atoms with E-state index in [-0.39, 0.29) is 24.0 Å². The number of benzene rings is 2. The average molecular weight is 541 g/mol. The van der Waals surface area contributed by atoms with Crippen molar-refractivity contribution >= 4 is 28.7 Å². The third-order valence-corrected chi connectivity index (χ3v) is 6.76. The fourth-order valence-electron chi connectivity index (χ4n) is 4.55. The third kappa shape index (κ3) is 5.38. The number of amides is 1. The molecule has 10 nitrogen and oxygen atoms in total. The standard InChI is InChI=1S/C30H32N6O4/c1-30(2,3)29(38)40-21-14-13-20(15-21)36-27-24(26(31)33-17-34-27)25(35-36)19-11-9-18(10-12-19)16-32-28(37)22-7-5-6-8-23(22)39-4/h5-14,17,20-21H,15-16H2,1-4H3,(H,32,37)(H2,31,33,34)/t20-,21+/m1/s1. The zero-order valence-corrected chi connectivity index (χ0v) is 22.9. The number of carbonyl (C=O) groups excluding carboxylic acids is 2. The number of rotatable bonds is 7. The van der Waals surface area contributed by atoms with Gasteiger partial charge in [-0.1, -0.05) is 42.5 Å². The Morgan fingerprint density at radius 1 is 1.07 bits per heavy atom. The number of carbonyl (C=O) groups is 2. The van der Waals surface area contributed by atoms with E-state index in [1.54, 1.807) is 18.2 Å². The highest BCUT2D eigenvalue weighted by molar-refractivity contribution is 5.98. The van der Waals surface area contributed by atoms with E-state index in [0.29, 0.717) is 46.8 Å². The molecule has 2 atom stereocenters. The molecule has 40 heavy (non-hydrogen) atoms. The van der Waals surface area contributed by atoms with Gasteiger partial charge in [0.25, 0.3) is 5.91 Å². The van der Waals surface area contributed by atoms with E-state index in [1.165, 1.54) is 13.4 Å². The fraction of sp³-hybridized carbons (Fsp3) is 0.300. The molecule has 2 heterocycles. The van der Waals surface area contributed by atoms with Crippen LogP contribution in [0.15, 0.2) is 67.0 Å². The van der Waals surface area contributed by atoms with Crippen LogP contribution in [-0.2, 0) is 16.1 Å². The van der Waals surface area contributed by atoms with Crippen LogP contribution in [0.1, 0.15) is 49.2 Å². The van der Waals surface area contributed by atoms with Crippen molar-refractivity contribution in [1.82, 2.24) is 25.1 Å². The van der Waals surface area contributed by atoms with Crippen molar-refractivity contribution < 1.29 is 19.1 Å². The molecule has 0 radical (unpaired) electrons. The molecule has 5 rings (SSSR count). The molecule has 0 unspecified atom stereocenters. The van der Waals surface area contributed by atoms with Gasteiger partial charge in [0.05, 0.1) is 29.5 Å². The molecule has 3 N–H and O–H groups in total. The maximum Gasteiger partial charge on any atom is 0.311 e. The largest absolute Gasteiger partial charge is 0.496 e. The molecule has 206 valence electrons. The van der Waals surface area contributed by atoms with Gasteiger partial charge in [0.1, 0.15) is 29.7 Å². The van der Waals surface area contributed by atoms with Crippen LogP contribution in [0, 0.1) is 5.41 Å². The molecule has 1 amide bonds. The number of nitrogens with one attached hydrogen (secondary N) is 1. The van der Waals surface area contributed by atoms with Crippen LogP contribution in [-0.4, -0.2) is 44.8 Å². The smallest absolute Gasteiger partial charge is 0.311 e. The van der Waals surface area contributed by atoms with Crippen LogP contribution in [0.25, 0.3) is 22.3 Å². The number of para-hydroxylation sites is 1. The Bertz CT molecular complexity index is 1590. The summed E-state index contributed by atoms with van der Waals surface area (Å²) in [6.45, 7) is 5.84. The summed E-state index contributed by atoms with van der Waals surface area (Å²) in [5.41, 5.74) is 9.20. The van der Waals surface area contributed by atoms with Gasteiger partial charge < -0.3 is 20.5 Å². The first-order chi connectivity index (χ1) is 19.2. The maximum atomic E-state index is 12.7. The lowest BCUT2D eigenvalue weighted by molar-refractivity contribution is -0.156. The third-order valence-electron chi connectivity index (χ3n) is 6.76. The number of hydrogen-bond donors (Lipinski definition) is 2. The number of fused-ring (bicyclic) bond motifs is 1. The van der Waals surface area contributed by atoms with E-state index in [9.17, 15) is 9.59 Å². The van der Waals surface area contributed by atoms with Gasteiger partial charge in [-0.2, -0.15) is 5.10 Å². The predicted molar refractivity (Wildman–Crippen MR) is 151 cm³/mol. The molecule has 2 aromatic carbocycles. The Labute approximate surface area is 232 Å². The van der Waals surface area contributed by atoms with E-state index < -0.39 is 5.41 Å². The van der Waals surface area contributed by atoms with Crippen molar-refractivity contribution in [2.45, 2.75) is 45.9 Å². The number of allylic oxidation sites excluding steroid dienone is 1. The van der Waals surface area contributed by atoms with Gasteiger partial charge in [0, 0.05) is 18.5 Å². The summed E-state index contributed by atoms with van der Waals surface area (Å²) in [5, 5.41) is 8.48. The van der Waals surface area contributed by atoms with Gasteiger partial charge in [0.15, 0.2) is 5.65 Å². The number of ether oxygens (including phenoxy) is 2. The molecule has 0 bridgehead atoms. The molecule has 10 heteroatoms. The van der Waals surface area contributed by atoms with Gasteiger partial charge in [-0.15, -0.1) is 0 Å². The average Bonchev–Trinajstić information content (AvgIpc) is 3.57. The normalized spacial score (nSPS) is 16.7. The van der Waals surface area contributed by atoms with Gasteiger partial charge in [-0.05, 0) is 44.5 Å². The molecule has 2 aromatic heterocycles. The van der Waals surface area contributed by atoms with Gasteiger partial charge >= 0.3 is 5.97 Å². The molecule has 0 saturated carbocycles. The van der Waals surface area contributed by atoms with Crippen LogP contribution in [0.4, 0.5) is 5.82 Å². The van der Waals surface area contributed by atoms with Crippen molar-refractivity contribution in [1.29, 1.82) is 0 Å². The highest BCUT2D eigenvalue weighted by Gasteiger charge is 2.31. The second kappa shape index (κ2) is 10.8. The number of methoxy groups -OCH3 is 1. The molecule has 4 aromatic rings. The highest BCUT2D eigenvalue weighted by Crippen LogP contribution is 2.35. The summed E-state index contributed by atoms with van der Waals surface area (Å²) in [6, 6.07) is 14.7. The molecule has 0 fully saturated rings. The van der Waals surface area contributed by atoms with Crippen LogP contribution in [0.3, 0.4) is 0 Å². The van der Waals surface area contributed by atoms with Crippen LogP contribution < -0.4 is 15.8 Å². The fourth-order valence-corrected chi connectivity index (χ4v) is 4.55. The maximum absolute atomic E-state index is 12.7. The Morgan fingerprint density at radius 3 is 2.55 bits per heavy atom.